The Morgan fingerprint density at radius 3 is 2.80 bits per heavy atom. The second-order valence-corrected chi connectivity index (χ2v) is 4.44. The Morgan fingerprint density at radius 1 is 1.15 bits per heavy atom. The number of allylic oxidation sites excluding steroid dienone is 1. The summed E-state index contributed by atoms with van der Waals surface area (Å²) in [7, 11) is 0. The molecule has 0 atom stereocenters. The third kappa shape index (κ3) is 4.43. The van der Waals surface area contributed by atoms with Gasteiger partial charge in [-0.15, -0.1) is 6.58 Å². The zero-order valence-corrected chi connectivity index (χ0v) is 11.6. The lowest BCUT2D eigenvalue weighted by molar-refractivity contribution is 0.312. The number of hydrogen-bond donors (Lipinski definition) is 1. The lowest BCUT2D eigenvalue weighted by Gasteiger charge is -2.10. The van der Waals surface area contributed by atoms with Gasteiger partial charge >= 0.3 is 0 Å². The molecule has 0 fully saturated rings. The van der Waals surface area contributed by atoms with Crippen molar-refractivity contribution in [2.45, 2.75) is 12.8 Å². The van der Waals surface area contributed by atoms with E-state index >= 15 is 0 Å². The summed E-state index contributed by atoms with van der Waals surface area (Å²) in [4.78, 5) is 4.21. The topological polar surface area (TPSA) is 34.1 Å². The van der Waals surface area contributed by atoms with Crippen LogP contribution < -0.4 is 10.1 Å². The normalized spacial score (nSPS) is 10.0. The Labute approximate surface area is 120 Å². The fourth-order valence-corrected chi connectivity index (χ4v) is 1.91. The quantitative estimate of drug-likeness (QED) is 0.585. The molecule has 0 bridgehead atoms. The van der Waals surface area contributed by atoms with Crippen LogP contribution in [0.3, 0.4) is 0 Å². The number of rotatable bonds is 8. The van der Waals surface area contributed by atoms with Crippen LogP contribution in [0, 0.1) is 0 Å². The lowest BCUT2D eigenvalue weighted by atomic mass is 10.1. The summed E-state index contributed by atoms with van der Waals surface area (Å²) < 4.78 is 5.82. The molecule has 1 N–H and O–H groups in total. The second kappa shape index (κ2) is 8.00. The molecule has 0 unspecified atom stereocenters. The molecule has 1 heterocycles. The first kappa shape index (κ1) is 14.1. The summed E-state index contributed by atoms with van der Waals surface area (Å²) in [5, 5.41) is 3.26. The lowest BCUT2D eigenvalue weighted by Crippen LogP contribution is -2.08. The van der Waals surface area contributed by atoms with E-state index in [9.17, 15) is 0 Å². The molecular weight excluding hydrogens is 248 g/mol. The van der Waals surface area contributed by atoms with E-state index in [1.165, 1.54) is 5.56 Å². The van der Waals surface area contributed by atoms with Gasteiger partial charge in [-0.2, -0.15) is 0 Å². The zero-order chi connectivity index (χ0) is 14.0. The van der Waals surface area contributed by atoms with Gasteiger partial charge in [0.2, 0.25) is 0 Å². The Bertz CT molecular complexity index is 526. The van der Waals surface area contributed by atoms with Crippen LogP contribution in [0.4, 0.5) is 5.82 Å². The van der Waals surface area contributed by atoms with Crippen LogP contribution in [0.15, 0.2) is 61.3 Å². The molecule has 0 spiro atoms. The maximum absolute atomic E-state index is 5.82. The molecule has 0 saturated heterocycles. The Balaban J connectivity index is 1.72. The van der Waals surface area contributed by atoms with E-state index in [2.05, 4.69) is 22.9 Å². The third-order valence-electron chi connectivity index (χ3n) is 2.89. The molecule has 3 heteroatoms. The first-order valence-corrected chi connectivity index (χ1v) is 6.86. The van der Waals surface area contributed by atoms with Gasteiger partial charge in [0.05, 0.1) is 6.61 Å². The molecule has 2 rings (SSSR count). The molecule has 1 aromatic carbocycles. The zero-order valence-electron chi connectivity index (χ0n) is 11.6. The summed E-state index contributed by atoms with van der Waals surface area (Å²) in [6, 6.07) is 13.9. The molecule has 20 heavy (non-hydrogen) atoms. The SMILES string of the molecule is C=CCc1ccccc1OCCCNc1ccccn1. The number of ether oxygens (including phenoxy) is 1. The number of hydrogen-bond acceptors (Lipinski definition) is 3. The number of nitrogens with one attached hydrogen (secondary N) is 1. The van der Waals surface area contributed by atoms with Gasteiger partial charge in [-0.25, -0.2) is 4.98 Å². The van der Waals surface area contributed by atoms with Crippen LogP contribution in [0.2, 0.25) is 0 Å². The molecule has 3 nitrogen and oxygen atoms in total. The van der Waals surface area contributed by atoms with Crippen molar-refractivity contribution in [3.63, 3.8) is 0 Å². The van der Waals surface area contributed by atoms with Gasteiger partial charge in [0.15, 0.2) is 0 Å². The maximum Gasteiger partial charge on any atom is 0.125 e. The van der Waals surface area contributed by atoms with E-state index < -0.39 is 0 Å². The smallest absolute Gasteiger partial charge is 0.125 e. The van der Waals surface area contributed by atoms with Crippen molar-refractivity contribution >= 4 is 5.82 Å². The average molecular weight is 268 g/mol. The largest absolute Gasteiger partial charge is 0.493 e. The van der Waals surface area contributed by atoms with Crippen LogP contribution in [-0.4, -0.2) is 18.1 Å². The van der Waals surface area contributed by atoms with Crippen molar-refractivity contribution in [1.29, 1.82) is 0 Å². The van der Waals surface area contributed by atoms with E-state index in [1.807, 2.05) is 42.5 Å². The highest BCUT2D eigenvalue weighted by molar-refractivity contribution is 5.35. The number of aromatic nitrogens is 1. The first-order valence-electron chi connectivity index (χ1n) is 6.86. The molecule has 0 saturated carbocycles. The summed E-state index contributed by atoms with van der Waals surface area (Å²) in [5.74, 6) is 1.85. The molecule has 0 amide bonds. The van der Waals surface area contributed by atoms with Crippen LogP contribution in [-0.2, 0) is 6.42 Å². The fraction of sp³-hybridized carbons (Fsp3) is 0.235. The predicted molar refractivity (Wildman–Crippen MR) is 83.2 cm³/mol. The number of nitrogens with zero attached hydrogens (tertiary/aromatic N) is 1. The standard InChI is InChI=1S/C17H20N2O/c1-2-8-15-9-3-4-10-16(15)20-14-7-13-19-17-11-5-6-12-18-17/h2-6,9-12H,1,7-8,13-14H2,(H,18,19). The van der Waals surface area contributed by atoms with Gasteiger partial charge in [0.1, 0.15) is 11.6 Å². The molecular formula is C17H20N2O. The second-order valence-electron chi connectivity index (χ2n) is 4.44. The molecule has 2 aromatic rings. The number of anilines is 1. The van der Waals surface area contributed by atoms with Crippen molar-refractivity contribution in [3.05, 3.63) is 66.9 Å². The minimum atomic E-state index is 0.688. The van der Waals surface area contributed by atoms with Crippen LogP contribution in [0.25, 0.3) is 0 Å². The van der Waals surface area contributed by atoms with Crippen LogP contribution >= 0.6 is 0 Å². The highest BCUT2D eigenvalue weighted by Crippen LogP contribution is 2.18. The molecule has 0 aliphatic heterocycles. The third-order valence-corrected chi connectivity index (χ3v) is 2.89. The highest BCUT2D eigenvalue weighted by atomic mass is 16.5. The van der Waals surface area contributed by atoms with Crippen molar-refractivity contribution < 1.29 is 4.74 Å². The minimum Gasteiger partial charge on any atom is -0.493 e. The van der Waals surface area contributed by atoms with E-state index in [-0.39, 0.29) is 0 Å². The molecule has 0 aliphatic rings. The van der Waals surface area contributed by atoms with Crippen molar-refractivity contribution in [3.8, 4) is 5.75 Å². The first-order chi connectivity index (χ1) is 9.90. The van der Waals surface area contributed by atoms with Crippen molar-refractivity contribution in [2.75, 3.05) is 18.5 Å². The number of benzene rings is 1. The predicted octanol–water partition coefficient (Wildman–Crippen LogP) is 3.69. The van der Waals surface area contributed by atoms with Gasteiger partial charge in [-0.1, -0.05) is 30.3 Å². The Morgan fingerprint density at radius 2 is 2.00 bits per heavy atom. The fourth-order valence-electron chi connectivity index (χ4n) is 1.91. The highest BCUT2D eigenvalue weighted by Gasteiger charge is 2.00. The molecule has 0 radical (unpaired) electrons. The molecule has 104 valence electrons. The van der Waals surface area contributed by atoms with Gasteiger partial charge in [-0.05, 0) is 36.6 Å². The van der Waals surface area contributed by atoms with Crippen LogP contribution in [0.5, 0.6) is 5.75 Å². The van der Waals surface area contributed by atoms with Crippen molar-refractivity contribution in [1.82, 2.24) is 4.98 Å². The van der Waals surface area contributed by atoms with E-state index in [0.29, 0.717) is 6.61 Å². The van der Waals surface area contributed by atoms with E-state index in [1.54, 1.807) is 6.20 Å². The van der Waals surface area contributed by atoms with Crippen molar-refractivity contribution in [2.24, 2.45) is 0 Å². The van der Waals surface area contributed by atoms with Gasteiger partial charge < -0.3 is 10.1 Å². The van der Waals surface area contributed by atoms with Gasteiger partial charge in [-0.3, -0.25) is 0 Å². The maximum atomic E-state index is 5.82. The average Bonchev–Trinajstić information content (AvgIpc) is 2.50. The molecule has 0 aliphatic carbocycles. The Hall–Kier alpha value is -2.29. The van der Waals surface area contributed by atoms with E-state index in [4.69, 9.17) is 4.74 Å². The van der Waals surface area contributed by atoms with E-state index in [0.717, 1.165) is 31.0 Å². The summed E-state index contributed by atoms with van der Waals surface area (Å²) in [6.07, 6.45) is 5.44. The monoisotopic (exact) mass is 268 g/mol. The summed E-state index contributed by atoms with van der Waals surface area (Å²) >= 11 is 0. The van der Waals surface area contributed by atoms with Crippen LogP contribution in [0.1, 0.15) is 12.0 Å². The van der Waals surface area contributed by atoms with Gasteiger partial charge in [0.25, 0.3) is 0 Å². The summed E-state index contributed by atoms with van der Waals surface area (Å²) in [5.41, 5.74) is 1.18. The number of pyridine rings is 1. The molecule has 1 aromatic heterocycles. The van der Waals surface area contributed by atoms with Gasteiger partial charge in [0, 0.05) is 12.7 Å². The minimum absolute atomic E-state index is 0.688. The summed E-state index contributed by atoms with van der Waals surface area (Å²) in [6.45, 7) is 5.30. The number of para-hydroxylation sites is 1. The Kier molecular flexibility index (Phi) is 5.65.